The van der Waals surface area contributed by atoms with Crippen LogP contribution in [0.3, 0.4) is 0 Å². The predicted octanol–water partition coefficient (Wildman–Crippen LogP) is 3.58. The molecule has 0 aliphatic carbocycles. The number of aromatic nitrogens is 1. The molecule has 2 heterocycles. The number of hydrogen-bond donors (Lipinski definition) is 4. The quantitative estimate of drug-likeness (QED) is 0.472. The van der Waals surface area contributed by atoms with E-state index < -0.39 is 17.9 Å². The molecule has 1 aliphatic heterocycles. The summed E-state index contributed by atoms with van der Waals surface area (Å²) in [6.07, 6.45) is 2.77. The molecule has 3 rings (SSSR count). The number of benzene rings is 1. The Hall–Kier alpha value is -3.16. The molecular weight excluding hydrogens is 420 g/mol. The summed E-state index contributed by atoms with van der Waals surface area (Å²) in [5.41, 5.74) is 1.19. The maximum Gasteiger partial charge on any atom is 0.268 e. The zero-order valence-electron chi connectivity index (χ0n) is 20.8. The molecular formula is C25H40N4O4. The van der Waals surface area contributed by atoms with Gasteiger partial charge in [-0.1, -0.05) is 66.2 Å². The van der Waals surface area contributed by atoms with Gasteiger partial charge in [0.2, 0.25) is 11.8 Å². The number of aldehydes is 1. The number of para-hydroxylation sites is 1. The molecule has 4 N–H and O–H groups in total. The Bertz CT molecular complexity index is 830. The van der Waals surface area contributed by atoms with Gasteiger partial charge in [-0.25, -0.2) is 0 Å². The van der Waals surface area contributed by atoms with E-state index in [0.29, 0.717) is 24.9 Å². The Kier molecular flexibility index (Phi) is 15.7. The fourth-order valence-electron chi connectivity index (χ4n) is 3.03. The van der Waals surface area contributed by atoms with Crippen molar-refractivity contribution in [2.24, 2.45) is 5.92 Å². The average Bonchev–Trinajstić information content (AvgIpc) is 3.46. The third kappa shape index (κ3) is 10.3. The van der Waals surface area contributed by atoms with Crippen molar-refractivity contribution in [1.29, 1.82) is 0 Å². The van der Waals surface area contributed by atoms with Crippen molar-refractivity contribution in [3.8, 4) is 0 Å². The molecule has 1 aromatic carbocycles. The van der Waals surface area contributed by atoms with Gasteiger partial charge in [0.25, 0.3) is 5.91 Å². The third-order valence-electron chi connectivity index (χ3n) is 4.40. The van der Waals surface area contributed by atoms with Gasteiger partial charge >= 0.3 is 0 Å². The van der Waals surface area contributed by atoms with Gasteiger partial charge in [0.15, 0.2) is 0 Å². The SMILES string of the molecule is CC.CC.CCC.O=CC(CC1CCNC1=O)NC(=O)CNC(=O)c1cc2ccccc2[nH]1. The van der Waals surface area contributed by atoms with Crippen LogP contribution in [0.5, 0.6) is 0 Å². The van der Waals surface area contributed by atoms with Crippen molar-refractivity contribution < 1.29 is 19.2 Å². The molecule has 2 atom stereocenters. The summed E-state index contributed by atoms with van der Waals surface area (Å²) in [5.74, 6) is -1.26. The summed E-state index contributed by atoms with van der Waals surface area (Å²) in [5, 5.41) is 8.64. The van der Waals surface area contributed by atoms with E-state index >= 15 is 0 Å². The molecule has 2 unspecified atom stereocenters. The summed E-state index contributed by atoms with van der Waals surface area (Å²) in [7, 11) is 0. The van der Waals surface area contributed by atoms with E-state index in [0.717, 1.165) is 10.9 Å². The lowest BCUT2D eigenvalue weighted by atomic mass is 9.99. The molecule has 0 bridgehead atoms. The summed E-state index contributed by atoms with van der Waals surface area (Å²) < 4.78 is 0. The minimum Gasteiger partial charge on any atom is -0.356 e. The van der Waals surface area contributed by atoms with Gasteiger partial charge in [-0.15, -0.1) is 0 Å². The second-order valence-corrected chi connectivity index (χ2v) is 6.98. The van der Waals surface area contributed by atoms with Crippen LogP contribution in [0.1, 0.15) is 71.3 Å². The van der Waals surface area contributed by atoms with Crippen LogP contribution in [0.15, 0.2) is 30.3 Å². The van der Waals surface area contributed by atoms with Crippen LogP contribution in [-0.2, 0) is 14.4 Å². The van der Waals surface area contributed by atoms with E-state index in [1.807, 2.05) is 52.0 Å². The zero-order chi connectivity index (χ0) is 25.2. The average molecular weight is 461 g/mol. The number of amides is 3. The second kappa shape index (κ2) is 17.4. The Labute approximate surface area is 197 Å². The molecule has 33 heavy (non-hydrogen) atoms. The highest BCUT2D eigenvalue weighted by molar-refractivity contribution is 5.99. The predicted molar refractivity (Wildman–Crippen MR) is 133 cm³/mol. The normalized spacial score (nSPS) is 14.7. The molecule has 3 amide bonds. The molecule has 8 nitrogen and oxygen atoms in total. The van der Waals surface area contributed by atoms with Crippen LogP contribution in [0, 0.1) is 5.92 Å². The minimum absolute atomic E-state index is 0.0989. The number of carbonyl (C=O) groups excluding carboxylic acids is 4. The molecule has 0 radical (unpaired) electrons. The Morgan fingerprint density at radius 1 is 1.15 bits per heavy atom. The summed E-state index contributed by atoms with van der Waals surface area (Å²) >= 11 is 0. The van der Waals surface area contributed by atoms with Crippen LogP contribution in [0.2, 0.25) is 0 Å². The van der Waals surface area contributed by atoms with E-state index in [2.05, 4.69) is 34.8 Å². The highest BCUT2D eigenvalue weighted by Crippen LogP contribution is 2.16. The number of rotatable bonds is 7. The van der Waals surface area contributed by atoms with Crippen LogP contribution in [0.25, 0.3) is 10.9 Å². The third-order valence-corrected chi connectivity index (χ3v) is 4.40. The highest BCUT2D eigenvalue weighted by atomic mass is 16.2. The lowest BCUT2D eigenvalue weighted by Crippen LogP contribution is -2.44. The molecule has 184 valence electrons. The zero-order valence-corrected chi connectivity index (χ0v) is 20.8. The molecule has 0 spiro atoms. The number of aromatic amines is 1. The van der Waals surface area contributed by atoms with Crippen molar-refractivity contribution in [2.75, 3.05) is 13.1 Å². The van der Waals surface area contributed by atoms with Crippen LogP contribution in [0.4, 0.5) is 0 Å². The first-order valence-electron chi connectivity index (χ1n) is 11.9. The molecule has 1 aliphatic rings. The molecule has 0 saturated carbocycles. The van der Waals surface area contributed by atoms with Gasteiger partial charge in [-0.2, -0.15) is 0 Å². The maximum atomic E-state index is 12.2. The van der Waals surface area contributed by atoms with Crippen molar-refractivity contribution in [3.63, 3.8) is 0 Å². The van der Waals surface area contributed by atoms with Crippen molar-refractivity contribution in [3.05, 3.63) is 36.0 Å². The lowest BCUT2D eigenvalue weighted by Gasteiger charge is -2.15. The largest absolute Gasteiger partial charge is 0.356 e. The van der Waals surface area contributed by atoms with E-state index in [4.69, 9.17) is 0 Å². The number of fused-ring (bicyclic) bond motifs is 1. The highest BCUT2D eigenvalue weighted by Gasteiger charge is 2.27. The van der Waals surface area contributed by atoms with E-state index in [9.17, 15) is 19.2 Å². The fraction of sp³-hybridized carbons (Fsp3) is 0.520. The topological polar surface area (TPSA) is 120 Å². The molecule has 1 saturated heterocycles. The van der Waals surface area contributed by atoms with E-state index in [1.54, 1.807) is 6.07 Å². The number of H-pyrrole nitrogens is 1. The van der Waals surface area contributed by atoms with Crippen LogP contribution in [-0.4, -0.2) is 48.1 Å². The molecule has 1 aromatic heterocycles. The Morgan fingerprint density at radius 2 is 1.79 bits per heavy atom. The first-order valence-corrected chi connectivity index (χ1v) is 11.9. The molecule has 2 aromatic rings. The monoisotopic (exact) mass is 460 g/mol. The van der Waals surface area contributed by atoms with Crippen molar-refractivity contribution in [1.82, 2.24) is 20.9 Å². The van der Waals surface area contributed by atoms with Gasteiger partial charge < -0.3 is 25.7 Å². The number of nitrogens with one attached hydrogen (secondary N) is 4. The molecule has 8 heteroatoms. The van der Waals surface area contributed by atoms with E-state index in [-0.39, 0.29) is 24.8 Å². The first-order chi connectivity index (χ1) is 16.0. The standard InChI is InChI=1S/C18H20N4O4.C3H8.2C2H6/c23-10-13(7-12-5-6-19-17(12)25)21-16(24)9-20-18(26)15-8-11-3-1-2-4-14(11)22-15;1-3-2;2*1-2/h1-4,8,10,12-13,22H,5-7,9H2,(H,19,25)(H,20,26)(H,21,24);3H2,1-2H3;2*1-2H3. The number of carbonyl (C=O) groups is 4. The summed E-state index contributed by atoms with van der Waals surface area (Å²) in [6.45, 7) is 12.6. The smallest absolute Gasteiger partial charge is 0.268 e. The van der Waals surface area contributed by atoms with Gasteiger partial charge in [-0.05, 0) is 25.0 Å². The first kappa shape index (κ1) is 29.8. The lowest BCUT2D eigenvalue weighted by molar-refractivity contribution is -0.125. The fourth-order valence-corrected chi connectivity index (χ4v) is 3.03. The summed E-state index contributed by atoms with van der Waals surface area (Å²) in [6, 6.07) is 8.42. The van der Waals surface area contributed by atoms with Gasteiger partial charge in [-0.3, -0.25) is 14.4 Å². The summed E-state index contributed by atoms with van der Waals surface area (Å²) in [4.78, 5) is 49.8. The van der Waals surface area contributed by atoms with Crippen molar-refractivity contribution in [2.45, 2.75) is 66.8 Å². The second-order valence-electron chi connectivity index (χ2n) is 6.98. The maximum absolute atomic E-state index is 12.2. The van der Waals surface area contributed by atoms with E-state index in [1.165, 1.54) is 6.42 Å². The minimum atomic E-state index is -0.749. The number of hydrogen-bond acceptors (Lipinski definition) is 4. The van der Waals surface area contributed by atoms with Gasteiger partial charge in [0.1, 0.15) is 12.0 Å². The Morgan fingerprint density at radius 3 is 2.33 bits per heavy atom. The van der Waals surface area contributed by atoms with Gasteiger partial charge in [0.05, 0.1) is 12.6 Å². The van der Waals surface area contributed by atoms with Crippen molar-refractivity contribution >= 4 is 34.9 Å². The Balaban J connectivity index is 0.00000132. The van der Waals surface area contributed by atoms with Crippen LogP contribution >= 0.6 is 0 Å². The van der Waals surface area contributed by atoms with Gasteiger partial charge in [0, 0.05) is 23.4 Å². The van der Waals surface area contributed by atoms with Crippen LogP contribution < -0.4 is 16.0 Å². The molecule has 1 fully saturated rings.